The number of aromatic amines is 1. The molecular weight excluding hydrogens is 540 g/mol. The lowest BCUT2D eigenvalue weighted by molar-refractivity contribution is -0.363. The summed E-state index contributed by atoms with van der Waals surface area (Å²) in [6.45, 7) is 3.10. The van der Waals surface area contributed by atoms with E-state index in [4.69, 9.17) is 18.9 Å². The summed E-state index contributed by atoms with van der Waals surface area (Å²) in [5.74, 6) is 0.734. The van der Waals surface area contributed by atoms with Crippen molar-refractivity contribution in [2.24, 2.45) is 0 Å². The Balaban J connectivity index is 1.33. The Morgan fingerprint density at radius 2 is 1.98 bits per heavy atom. The smallest absolute Gasteiger partial charge is 0.193 e. The Kier molecular flexibility index (Phi) is 7.63. The van der Waals surface area contributed by atoms with Crippen molar-refractivity contribution in [1.82, 2.24) is 9.55 Å². The van der Waals surface area contributed by atoms with Crippen LogP contribution in [0.2, 0.25) is 0 Å². The van der Waals surface area contributed by atoms with E-state index in [1.54, 1.807) is 45.2 Å². The highest BCUT2D eigenvalue weighted by Crippen LogP contribution is 2.37. The number of hydrogen-bond donors (Lipinski definition) is 7. The summed E-state index contributed by atoms with van der Waals surface area (Å²) >= 11 is 0. The molecule has 0 fully saturated rings. The van der Waals surface area contributed by atoms with Gasteiger partial charge in [-0.25, -0.2) is 9.78 Å². The van der Waals surface area contributed by atoms with E-state index >= 15 is 0 Å². The summed E-state index contributed by atoms with van der Waals surface area (Å²) < 4.78 is 13.0. The van der Waals surface area contributed by atoms with Gasteiger partial charge in [-0.2, -0.15) is 0 Å². The van der Waals surface area contributed by atoms with Crippen molar-refractivity contribution in [3.05, 3.63) is 58.1 Å². The highest BCUT2D eigenvalue weighted by Gasteiger charge is 2.48. The second kappa shape index (κ2) is 10.8. The van der Waals surface area contributed by atoms with E-state index in [0.717, 1.165) is 0 Å². The molecule has 0 saturated carbocycles. The number of aliphatic hydroxyl groups excluding tert-OH is 4. The molecule has 0 saturated heterocycles. The summed E-state index contributed by atoms with van der Waals surface area (Å²) in [6, 6.07) is 7.75. The van der Waals surface area contributed by atoms with Crippen molar-refractivity contribution < 1.29 is 49.6 Å². The second-order valence-corrected chi connectivity index (χ2v) is 11.0. The first-order valence-electron chi connectivity index (χ1n) is 13.1. The monoisotopic (exact) mass is 574 g/mol. The van der Waals surface area contributed by atoms with E-state index in [0.29, 0.717) is 39.1 Å². The molecular formula is C28H34N2O11. The Hall–Kier alpha value is -3.43. The molecule has 0 aliphatic carbocycles. The second-order valence-electron chi connectivity index (χ2n) is 11.0. The number of rotatable bonds is 10. The van der Waals surface area contributed by atoms with Crippen LogP contribution in [0.3, 0.4) is 0 Å². The Morgan fingerprint density at radius 1 is 1.22 bits per heavy atom. The topological polar surface area (TPSA) is 200 Å². The van der Waals surface area contributed by atoms with Gasteiger partial charge in [0.15, 0.2) is 11.3 Å². The Morgan fingerprint density at radius 3 is 2.71 bits per heavy atom. The molecule has 1 aliphatic heterocycles. The van der Waals surface area contributed by atoms with E-state index in [9.17, 15) is 35.4 Å². The van der Waals surface area contributed by atoms with E-state index in [1.807, 2.05) is 0 Å². The molecule has 222 valence electrons. The quantitative estimate of drug-likeness (QED) is 0.103. The molecule has 5 rings (SSSR count). The number of aromatic nitrogens is 2. The number of ether oxygens (including phenoxy) is 1. The summed E-state index contributed by atoms with van der Waals surface area (Å²) in [6.07, 6.45) is -4.53. The van der Waals surface area contributed by atoms with Crippen LogP contribution >= 0.6 is 0 Å². The average Bonchev–Trinajstić information content (AvgIpc) is 3.48. The van der Waals surface area contributed by atoms with Gasteiger partial charge in [0.05, 0.1) is 29.6 Å². The van der Waals surface area contributed by atoms with Crippen LogP contribution < -0.4 is 10.2 Å². The molecule has 4 heterocycles. The lowest BCUT2D eigenvalue weighted by Crippen LogP contribution is -2.61. The summed E-state index contributed by atoms with van der Waals surface area (Å²) in [5.41, 5.74) is -1.53. The molecule has 7 N–H and O–H groups in total. The number of H-pyrrole nitrogens is 1. The predicted molar refractivity (Wildman–Crippen MR) is 144 cm³/mol. The van der Waals surface area contributed by atoms with Gasteiger partial charge in [-0.3, -0.25) is 4.79 Å². The van der Waals surface area contributed by atoms with Crippen molar-refractivity contribution in [2.45, 2.75) is 69.4 Å². The number of hydrogen-bond acceptors (Lipinski definition) is 11. The van der Waals surface area contributed by atoms with Gasteiger partial charge in [0.1, 0.15) is 59.3 Å². The third-order valence-electron chi connectivity index (χ3n) is 7.65. The van der Waals surface area contributed by atoms with Gasteiger partial charge in [-0.15, -0.1) is 0 Å². The molecule has 0 radical (unpaired) electrons. The number of nitrogens with one attached hydrogen (secondary N) is 1. The average molecular weight is 575 g/mol. The molecule has 0 amide bonds. The Labute approximate surface area is 233 Å². The van der Waals surface area contributed by atoms with Crippen molar-refractivity contribution in [3.8, 4) is 11.6 Å². The third-order valence-corrected chi connectivity index (χ3v) is 7.65. The maximum atomic E-state index is 12.5. The van der Waals surface area contributed by atoms with Gasteiger partial charge >= 0.3 is 0 Å². The first kappa shape index (κ1) is 29.1. The van der Waals surface area contributed by atoms with Crippen LogP contribution in [-0.2, 0) is 22.7 Å². The van der Waals surface area contributed by atoms with E-state index in [-0.39, 0.29) is 17.7 Å². The number of aliphatic hydroxyl groups is 5. The zero-order valence-electron chi connectivity index (χ0n) is 22.8. The van der Waals surface area contributed by atoms with Gasteiger partial charge in [0.2, 0.25) is 0 Å². The van der Waals surface area contributed by atoms with E-state index in [2.05, 4.69) is 4.98 Å². The van der Waals surface area contributed by atoms with Crippen LogP contribution in [0.4, 0.5) is 0 Å². The number of fused-ring (bicyclic) bond motifs is 3. The first-order valence-corrected chi connectivity index (χ1v) is 13.1. The van der Waals surface area contributed by atoms with Gasteiger partial charge in [0.25, 0.3) is 0 Å². The van der Waals surface area contributed by atoms with Crippen LogP contribution in [0.25, 0.3) is 22.0 Å². The fourth-order valence-corrected chi connectivity index (χ4v) is 5.18. The zero-order valence-corrected chi connectivity index (χ0v) is 22.8. The normalized spacial score (nSPS) is 20.3. The highest BCUT2D eigenvalue weighted by atomic mass is 17.2. The van der Waals surface area contributed by atoms with Crippen LogP contribution in [-0.4, -0.2) is 89.0 Å². The van der Waals surface area contributed by atoms with Gasteiger partial charge < -0.3 is 49.3 Å². The molecule has 5 unspecified atom stereocenters. The Bertz CT molecular complexity index is 1610. The van der Waals surface area contributed by atoms with Crippen molar-refractivity contribution in [3.63, 3.8) is 0 Å². The minimum atomic E-state index is -2.50. The predicted octanol–water partition coefficient (Wildman–Crippen LogP) is 0.626. The van der Waals surface area contributed by atoms with E-state index in [1.165, 1.54) is 16.7 Å². The van der Waals surface area contributed by atoms with Crippen molar-refractivity contribution in [1.29, 1.82) is 0 Å². The van der Waals surface area contributed by atoms with E-state index < -0.39 is 55.4 Å². The zero-order chi connectivity index (χ0) is 29.7. The van der Waals surface area contributed by atoms with Gasteiger partial charge in [0, 0.05) is 30.8 Å². The summed E-state index contributed by atoms with van der Waals surface area (Å²) in [7, 11) is 0. The van der Waals surface area contributed by atoms with Crippen molar-refractivity contribution in [2.75, 3.05) is 13.2 Å². The van der Waals surface area contributed by atoms with Gasteiger partial charge in [-0.05, 0) is 38.5 Å². The third kappa shape index (κ3) is 5.33. The molecule has 4 aromatic rings. The number of nitrogens with zero attached hydrogens (tertiary/aromatic N) is 1. The minimum Gasteiger partial charge on any atom is -0.494 e. The lowest BCUT2D eigenvalue weighted by Gasteiger charge is -2.40. The molecule has 1 aliphatic rings. The van der Waals surface area contributed by atoms with Crippen LogP contribution in [0.1, 0.15) is 25.2 Å². The van der Waals surface area contributed by atoms with Crippen molar-refractivity contribution >= 4 is 22.0 Å². The van der Waals surface area contributed by atoms with Crippen LogP contribution in [0, 0.1) is 6.92 Å². The molecule has 3 aromatic heterocycles. The fraction of sp³-hybridized carbons (Fsp3) is 0.464. The molecule has 13 heteroatoms. The fourth-order valence-electron chi connectivity index (χ4n) is 5.18. The molecule has 13 nitrogen and oxygen atoms in total. The molecule has 0 bridgehead atoms. The lowest BCUT2D eigenvalue weighted by atomic mass is 9.87. The molecule has 5 atom stereocenters. The van der Waals surface area contributed by atoms with Gasteiger partial charge in [-0.1, -0.05) is 0 Å². The number of benzene rings is 1. The van der Waals surface area contributed by atoms with Crippen LogP contribution in [0.5, 0.6) is 11.6 Å². The minimum absolute atomic E-state index is 0.193. The summed E-state index contributed by atoms with van der Waals surface area (Å²) in [4.78, 5) is 26.3. The summed E-state index contributed by atoms with van der Waals surface area (Å²) in [5, 5.41) is 63.4. The molecule has 1 aromatic carbocycles. The van der Waals surface area contributed by atoms with Crippen LogP contribution in [0.15, 0.2) is 45.7 Å². The molecule has 41 heavy (non-hydrogen) atoms. The SMILES string of the molecule is Cc1cc(=O)c2cc3c(cc2o1)OC(C)(C)C(OOCC(O)C(O)(Cn1c(O)cc2[nH]ccc21)C(O)C(O)CO)C3. The highest BCUT2D eigenvalue weighted by molar-refractivity contribution is 5.80. The molecule has 0 spiro atoms. The number of aromatic hydroxyl groups is 1. The number of aryl methyl sites for hydroxylation is 1. The largest absolute Gasteiger partial charge is 0.494 e. The maximum absolute atomic E-state index is 12.5. The first-order chi connectivity index (χ1) is 19.3. The maximum Gasteiger partial charge on any atom is 0.193 e. The standard InChI is InChI=1S/C28H34N2O11/c1-14-6-19(32)16-7-15-8-24(27(2,3)40-21(15)10-22(16)39-14)41-38-12-23(34)28(37,26(36)20(33)11-31)13-30-18-4-5-29-17(18)9-25(30)35/h4-7,9-10,20,23-24,26,29,31,33-37H,8,11-13H2,1-3H3.